The van der Waals surface area contributed by atoms with Crippen LogP contribution in [0.3, 0.4) is 0 Å². The Morgan fingerprint density at radius 2 is 1.74 bits per heavy atom. The van der Waals surface area contributed by atoms with Crippen LogP contribution in [-0.2, 0) is 6.61 Å². The van der Waals surface area contributed by atoms with E-state index in [4.69, 9.17) is 17.6 Å². The van der Waals surface area contributed by atoms with Crippen LogP contribution < -0.4 is 21.8 Å². The Morgan fingerprint density at radius 3 is 2.29 bits per heavy atom. The summed E-state index contributed by atoms with van der Waals surface area (Å²) in [5, 5.41) is 31.1. The van der Waals surface area contributed by atoms with Gasteiger partial charge in [-0.2, -0.15) is 0 Å². The fraction of sp³-hybridized carbons (Fsp3) is 0.125. The first kappa shape index (κ1) is 24.3. The van der Waals surface area contributed by atoms with Gasteiger partial charge in [-0.15, -0.1) is 6.42 Å². The second-order valence-electron chi connectivity index (χ2n) is 7.24. The zero-order valence-electron chi connectivity index (χ0n) is 17.8. The fourth-order valence-electron chi connectivity index (χ4n) is 3.29. The fourth-order valence-corrected chi connectivity index (χ4v) is 3.29. The van der Waals surface area contributed by atoms with Gasteiger partial charge in [-0.3, -0.25) is 10.7 Å². The number of nitrogens with zero attached hydrogens (tertiary/aromatic N) is 1. The Bertz CT molecular complexity index is 1240. The number of benzene rings is 2. The lowest BCUT2D eigenvalue weighted by Crippen LogP contribution is -2.42. The van der Waals surface area contributed by atoms with Crippen molar-refractivity contribution in [2.24, 2.45) is 0 Å². The smallest absolute Gasteiger partial charge is 0.321 e. The largest absolute Gasteiger partial charge is 0.398 e. The number of pyridine rings is 1. The van der Waals surface area contributed by atoms with E-state index in [0.29, 0.717) is 11.1 Å². The molecule has 0 radical (unpaired) electrons. The first-order valence-electron chi connectivity index (χ1n) is 9.99. The van der Waals surface area contributed by atoms with Gasteiger partial charge in [0.2, 0.25) is 5.71 Å². The Labute approximate surface area is 194 Å². The third-order valence-electron chi connectivity index (χ3n) is 4.94. The molecule has 0 bridgehead atoms. The zero-order chi connectivity index (χ0) is 24.8. The van der Waals surface area contributed by atoms with Gasteiger partial charge in [-0.1, -0.05) is 18.1 Å². The highest BCUT2D eigenvalue weighted by atomic mass is 19.1. The van der Waals surface area contributed by atoms with Gasteiger partial charge < -0.3 is 21.3 Å². The Balaban J connectivity index is 1.83. The Hall–Kier alpha value is -4.33. The van der Waals surface area contributed by atoms with Crippen LogP contribution in [0.25, 0.3) is 0 Å². The second kappa shape index (κ2) is 10.5. The molecule has 0 aliphatic carbocycles. The van der Waals surface area contributed by atoms with Crippen LogP contribution in [-0.4, -0.2) is 33.0 Å². The molecule has 8 nitrogen and oxygen atoms in total. The summed E-state index contributed by atoms with van der Waals surface area (Å²) in [5.74, 6) is 1.18. The summed E-state index contributed by atoms with van der Waals surface area (Å²) in [5.41, 5.74) is 7.56. The third-order valence-corrected chi connectivity index (χ3v) is 4.94. The maximum atomic E-state index is 13.2. The summed E-state index contributed by atoms with van der Waals surface area (Å²) in [4.78, 5) is 16.8. The summed E-state index contributed by atoms with van der Waals surface area (Å²) < 4.78 is 26.5. The number of hydrogen-bond acceptors (Lipinski definition) is 5. The molecule has 34 heavy (non-hydrogen) atoms. The molecule has 0 saturated heterocycles. The van der Waals surface area contributed by atoms with Gasteiger partial charge in [0, 0.05) is 11.6 Å². The van der Waals surface area contributed by atoms with Crippen molar-refractivity contribution in [2.75, 3.05) is 11.1 Å². The van der Waals surface area contributed by atoms with Crippen molar-refractivity contribution in [2.45, 2.75) is 18.8 Å². The topological polar surface area (TPSA) is 146 Å². The van der Waals surface area contributed by atoms with Crippen molar-refractivity contribution in [1.82, 2.24) is 10.3 Å². The molecule has 0 aliphatic rings. The van der Waals surface area contributed by atoms with Gasteiger partial charge in [0.15, 0.2) is 0 Å². The number of urea groups is 1. The molecular formula is C24H22F2N5O3+. The van der Waals surface area contributed by atoms with Crippen LogP contribution in [0.15, 0.2) is 54.6 Å². The van der Waals surface area contributed by atoms with Crippen LogP contribution in [0.4, 0.5) is 25.1 Å². The number of halogens is 2. The molecule has 0 saturated carbocycles. The van der Waals surface area contributed by atoms with Crippen LogP contribution >= 0.6 is 0 Å². The number of carbonyl (C=O) groups is 1. The summed E-state index contributed by atoms with van der Waals surface area (Å²) in [6.07, 6.45) is 3.90. The summed E-state index contributed by atoms with van der Waals surface area (Å²) in [7, 11) is 0. The standard InChI is InChI=1S/C24H21F2N5O3/c1-2-19(33)23(14-5-9-16(26)10-6-14)31-24(34)30-20-11-17(27)21(18(12-32)29-20)22(28)13-3-7-15(25)8-4-13/h1,3-11,19,23,28,32-33H,12H2,(H4,27,29,30,31,34)/p+1/t19-,23+/m1/s1. The lowest BCUT2D eigenvalue weighted by Gasteiger charge is -2.21. The molecule has 2 amide bonds. The second-order valence-corrected chi connectivity index (χ2v) is 7.24. The van der Waals surface area contributed by atoms with E-state index in [1.54, 1.807) is 0 Å². The first-order chi connectivity index (χ1) is 16.2. The Morgan fingerprint density at radius 1 is 1.15 bits per heavy atom. The number of nitrogen functional groups attached to an aromatic ring is 1. The minimum Gasteiger partial charge on any atom is -0.398 e. The number of terminal acetylenes is 1. The van der Waals surface area contributed by atoms with E-state index in [-0.39, 0.29) is 28.5 Å². The molecule has 1 heterocycles. The number of rotatable bonds is 7. The molecule has 0 unspecified atom stereocenters. The Kier molecular flexibility index (Phi) is 7.53. The van der Waals surface area contributed by atoms with Crippen molar-refractivity contribution in [3.63, 3.8) is 0 Å². The number of anilines is 2. The highest BCUT2D eigenvalue weighted by molar-refractivity contribution is 6.13. The average Bonchev–Trinajstić information content (AvgIpc) is 2.82. The van der Waals surface area contributed by atoms with E-state index in [0.717, 1.165) is 0 Å². The third kappa shape index (κ3) is 5.53. The SMILES string of the molecule is C#C[C@@H](O)[C@@H](NC(=O)Nc1cc(N)c(C(=[NH2+])c2ccc(F)cc2)c(CO)n1)c1ccc(F)cc1. The highest BCUT2D eigenvalue weighted by Gasteiger charge is 2.24. The molecule has 3 rings (SSSR count). The lowest BCUT2D eigenvalue weighted by atomic mass is 9.99. The number of aliphatic hydroxyl groups excluding tert-OH is 2. The number of nitrogens with two attached hydrogens (primary N) is 2. The zero-order valence-corrected chi connectivity index (χ0v) is 17.8. The molecular weight excluding hydrogens is 444 g/mol. The molecule has 0 aliphatic heterocycles. The molecule has 0 fully saturated rings. The van der Waals surface area contributed by atoms with E-state index < -0.39 is 36.4 Å². The van der Waals surface area contributed by atoms with E-state index in [1.165, 1.54) is 54.6 Å². The normalized spacial score (nSPS) is 12.3. The molecule has 2 atom stereocenters. The lowest BCUT2D eigenvalue weighted by molar-refractivity contribution is -0.111. The molecule has 0 spiro atoms. The summed E-state index contributed by atoms with van der Waals surface area (Å²) >= 11 is 0. The maximum Gasteiger partial charge on any atom is 0.321 e. The van der Waals surface area contributed by atoms with E-state index in [9.17, 15) is 23.8 Å². The van der Waals surface area contributed by atoms with Crippen LogP contribution in [0.2, 0.25) is 0 Å². The summed E-state index contributed by atoms with van der Waals surface area (Å²) in [6, 6.07) is 9.96. The first-order valence-corrected chi connectivity index (χ1v) is 9.99. The van der Waals surface area contributed by atoms with Gasteiger partial charge in [0.05, 0.1) is 29.6 Å². The minimum absolute atomic E-state index is 0.0113. The molecule has 174 valence electrons. The number of carbonyl (C=O) groups excluding carboxylic acids is 1. The molecule has 10 heteroatoms. The molecule has 3 aromatic rings. The van der Waals surface area contributed by atoms with Crippen molar-refractivity contribution in [3.05, 3.63) is 88.6 Å². The van der Waals surface area contributed by atoms with Crippen molar-refractivity contribution in [3.8, 4) is 12.3 Å². The summed E-state index contributed by atoms with van der Waals surface area (Å²) in [6.45, 7) is -0.549. The number of aromatic nitrogens is 1. The average molecular weight is 466 g/mol. The molecule has 2 aromatic carbocycles. The van der Waals surface area contributed by atoms with Gasteiger partial charge in [0.25, 0.3) is 0 Å². The molecule has 8 N–H and O–H groups in total. The highest BCUT2D eigenvalue weighted by Crippen LogP contribution is 2.23. The van der Waals surface area contributed by atoms with E-state index >= 15 is 0 Å². The number of nitrogens with one attached hydrogen (secondary N) is 2. The predicted octanol–water partition coefficient (Wildman–Crippen LogP) is 0.888. The van der Waals surface area contributed by atoms with Gasteiger partial charge in [-0.05, 0) is 42.0 Å². The van der Waals surface area contributed by atoms with Crippen molar-refractivity contribution >= 4 is 23.2 Å². The van der Waals surface area contributed by atoms with Gasteiger partial charge in [-0.25, -0.2) is 18.6 Å². The van der Waals surface area contributed by atoms with Crippen LogP contribution in [0.5, 0.6) is 0 Å². The van der Waals surface area contributed by atoms with Crippen molar-refractivity contribution < 1.29 is 29.2 Å². The van der Waals surface area contributed by atoms with Gasteiger partial charge in [0.1, 0.15) is 23.6 Å². The number of amides is 2. The van der Waals surface area contributed by atoms with Crippen molar-refractivity contribution in [1.29, 1.82) is 0 Å². The van der Waals surface area contributed by atoms with Gasteiger partial charge >= 0.3 is 6.03 Å². The maximum absolute atomic E-state index is 13.2. The molecule has 1 aromatic heterocycles. The number of hydrogen-bond donors (Lipinski definition) is 6. The number of aliphatic hydroxyl groups is 2. The quantitative estimate of drug-likeness (QED) is 0.226. The predicted molar refractivity (Wildman–Crippen MR) is 122 cm³/mol. The monoisotopic (exact) mass is 466 g/mol. The van der Waals surface area contributed by atoms with Crippen LogP contribution in [0, 0.1) is 24.0 Å². The van der Waals surface area contributed by atoms with Crippen LogP contribution in [0.1, 0.15) is 28.4 Å². The van der Waals surface area contributed by atoms with E-state index in [2.05, 4.69) is 21.5 Å². The minimum atomic E-state index is -1.39. The van der Waals surface area contributed by atoms with E-state index in [1.807, 2.05) is 0 Å².